The van der Waals surface area contributed by atoms with Gasteiger partial charge in [0.25, 0.3) is 0 Å². The molecule has 0 aromatic heterocycles. The normalized spacial score (nSPS) is 13.2. The summed E-state index contributed by atoms with van der Waals surface area (Å²) in [7, 11) is 0. The van der Waals surface area contributed by atoms with Gasteiger partial charge in [0, 0.05) is 6.54 Å². The Bertz CT molecular complexity index is 412. The highest BCUT2D eigenvalue weighted by Gasteiger charge is 2.26. The summed E-state index contributed by atoms with van der Waals surface area (Å²) in [6.07, 6.45) is -0.300. The molecular weight excluding hydrogens is 317 g/mol. The Morgan fingerprint density at radius 3 is 2.29 bits per heavy atom. The third-order valence-corrected chi connectivity index (χ3v) is 3.93. The van der Waals surface area contributed by atoms with Crippen molar-refractivity contribution in [2.24, 2.45) is 0 Å². The van der Waals surface area contributed by atoms with Crippen LogP contribution < -0.4 is 10.1 Å². The van der Waals surface area contributed by atoms with Gasteiger partial charge in [0.1, 0.15) is 12.7 Å². The zero-order valence-electron chi connectivity index (χ0n) is 11.9. The quantitative estimate of drug-likeness (QED) is 0.548. The molecule has 0 aliphatic rings. The molecule has 0 radical (unpaired) electrons. The van der Waals surface area contributed by atoms with E-state index in [2.05, 4.69) is 5.32 Å². The van der Waals surface area contributed by atoms with Crippen molar-refractivity contribution in [2.75, 3.05) is 26.4 Å². The van der Waals surface area contributed by atoms with Crippen LogP contribution in [0.2, 0.25) is 10.0 Å². The molecule has 4 N–H and O–H groups in total. The molecule has 1 aromatic rings. The summed E-state index contributed by atoms with van der Waals surface area (Å²) >= 11 is 11.9. The molecule has 7 heteroatoms. The van der Waals surface area contributed by atoms with Crippen molar-refractivity contribution in [3.05, 3.63) is 28.2 Å². The number of halogens is 2. The molecule has 21 heavy (non-hydrogen) atoms. The fraction of sp³-hybridized carbons (Fsp3) is 0.571. The molecule has 0 spiro atoms. The van der Waals surface area contributed by atoms with E-state index in [-0.39, 0.29) is 26.4 Å². The fourth-order valence-electron chi connectivity index (χ4n) is 1.70. The molecule has 0 heterocycles. The molecule has 5 nitrogen and oxygen atoms in total. The molecule has 0 saturated heterocycles. The number of nitrogens with one attached hydrogen (secondary N) is 1. The zero-order chi connectivity index (χ0) is 15.9. The number of para-hydroxylation sites is 1. The maximum Gasteiger partial charge on any atom is 0.156 e. The standard InChI is InChI=1S/C14H21Cl2NO4/c1-2-14(8-18,9-19)17-6-10(20)7-21-13-11(15)4-3-5-12(13)16/h3-5,10,17-20H,2,6-9H2,1H3. The van der Waals surface area contributed by atoms with E-state index >= 15 is 0 Å². The number of β-amino-alcohol motifs (C(OH)–C–C–N with tert-alkyl or cyclic N) is 1. The SMILES string of the molecule is CCC(CO)(CO)NCC(O)COc1c(Cl)cccc1Cl. The van der Waals surface area contributed by atoms with Gasteiger partial charge in [0.05, 0.1) is 28.8 Å². The van der Waals surface area contributed by atoms with Gasteiger partial charge in [-0.15, -0.1) is 0 Å². The molecule has 0 saturated carbocycles. The number of hydrogen-bond donors (Lipinski definition) is 4. The number of ether oxygens (including phenoxy) is 1. The summed E-state index contributed by atoms with van der Waals surface area (Å²) in [6, 6.07) is 4.99. The summed E-state index contributed by atoms with van der Waals surface area (Å²) in [5, 5.41) is 32.2. The van der Waals surface area contributed by atoms with E-state index in [4.69, 9.17) is 27.9 Å². The van der Waals surface area contributed by atoms with E-state index in [1.54, 1.807) is 18.2 Å². The number of aliphatic hydroxyl groups excluding tert-OH is 3. The Hall–Kier alpha value is -0.560. The van der Waals surface area contributed by atoms with Crippen molar-refractivity contribution in [3.63, 3.8) is 0 Å². The lowest BCUT2D eigenvalue weighted by Crippen LogP contribution is -2.54. The summed E-state index contributed by atoms with van der Waals surface area (Å²) in [5.74, 6) is 0.325. The first-order chi connectivity index (χ1) is 9.98. The van der Waals surface area contributed by atoms with E-state index in [1.165, 1.54) is 0 Å². The van der Waals surface area contributed by atoms with Crippen molar-refractivity contribution in [1.82, 2.24) is 5.32 Å². The van der Waals surface area contributed by atoms with Gasteiger partial charge in [-0.2, -0.15) is 0 Å². The third kappa shape index (κ3) is 5.29. The van der Waals surface area contributed by atoms with Crippen LogP contribution in [0.1, 0.15) is 13.3 Å². The Kier molecular flexibility index (Phi) is 7.73. The first kappa shape index (κ1) is 18.5. The summed E-state index contributed by atoms with van der Waals surface area (Å²) in [4.78, 5) is 0. The van der Waals surface area contributed by atoms with Crippen LogP contribution in [0, 0.1) is 0 Å². The van der Waals surface area contributed by atoms with Gasteiger partial charge < -0.3 is 25.4 Å². The summed E-state index contributed by atoms with van der Waals surface area (Å²) < 4.78 is 5.42. The van der Waals surface area contributed by atoms with Crippen molar-refractivity contribution in [1.29, 1.82) is 0 Å². The molecule has 1 rings (SSSR count). The van der Waals surface area contributed by atoms with Crippen molar-refractivity contribution in [2.45, 2.75) is 25.0 Å². The van der Waals surface area contributed by atoms with Gasteiger partial charge in [0.2, 0.25) is 0 Å². The molecule has 0 aliphatic heterocycles. The third-order valence-electron chi connectivity index (χ3n) is 3.33. The molecule has 1 unspecified atom stereocenters. The zero-order valence-corrected chi connectivity index (χ0v) is 13.4. The minimum Gasteiger partial charge on any atom is -0.488 e. The highest BCUT2D eigenvalue weighted by Crippen LogP contribution is 2.32. The first-order valence-corrected chi connectivity index (χ1v) is 7.45. The number of benzene rings is 1. The van der Waals surface area contributed by atoms with Gasteiger partial charge in [-0.25, -0.2) is 0 Å². The van der Waals surface area contributed by atoms with Crippen LogP contribution in [-0.2, 0) is 0 Å². The van der Waals surface area contributed by atoms with E-state index in [0.717, 1.165) is 0 Å². The van der Waals surface area contributed by atoms with E-state index in [1.807, 2.05) is 6.92 Å². The molecule has 0 fully saturated rings. The molecule has 0 aliphatic carbocycles. The second kappa shape index (κ2) is 8.78. The number of hydrogen-bond acceptors (Lipinski definition) is 5. The van der Waals surface area contributed by atoms with Gasteiger partial charge >= 0.3 is 0 Å². The highest BCUT2D eigenvalue weighted by atomic mass is 35.5. The van der Waals surface area contributed by atoms with Crippen LogP contribution in [-0.4, -0.2) is 53.3 Å². The first-order valence-electron chi connectivity index (χ1n) is 6.69. The maximum absolute atomic E-state index is 9.91. The van der Waals surface area contributed by atoms with Crippen molar-refractivity contribution in [3.8, 4) is 5.75 Å². The van der Waals surface area contributed by atoms with Crippen molar-refractivity contribution < 1.29 is 20.1 Å². The Balaban J connectivity index is 2.49. The maximum atomic E-state index is 9.91. The monoisotopic (exact) mass is 337 g/mol. The average molecular weight is 338 g/mol. The molecule has 1 atom stereocenters. The van der Waals surface area contributed by atoms with Crippen LogP contribution in [0.5, 0.6) is 5.75 Å². The van der Waals surface area contributed by atoms with Gasteiger partial charge in [-0.1, -0.05) is 36.2 Å². The highest BCUT2D eigenvalue weighted by molar-refractivity contribution is 6.37. The lowest BCUT2D eigenvalue weighted by atomic mass is 9.98. The predicted molar refractivity (Wildman–Crippen MR) is 83.2 cm³/mol. The second-order valence-electron chi connectivity index (χ2n) is 4.85. The van der Waals surface area contributed by atoms with Crippen LogP contribution in [0.15, 0.2) is 18.2 Å². The van der Waals surface area contributed by atoms with Crippen molar-refractivity contribution >= 4 is 23.2 Å². The predicted octanol–water partition coefficient (Wildman–Crippen LogP) is 1.46. The second-order valence-corrected chi connectivity index (χ2v) is 5.66. The topological polar surface area (TPSA) is 82.0 Å². The number of rotatable bonds is 9. The summed E-state index contributed by atoms with van der Waals surface area (Å²) in [5.41, 5.74) is -0.803. The summed E-state index contributed by atoms with van der Waals surface area (Å²) in [6.45, 7) is 1.56. The molecule has 0 amide bonds. The molecular formula is C14H21Cl2NO4. The van der Waals surface area contributed by atoms with Crippen LogP contribution >= 0.6 is 23.2 Å². The Labute approximate surface area is 134 Å². The van der Waals surface area contributed by atoms with Gasteiger partial charge in [0.15, 0.2) is 5.75 Å². The van der Waals surface area contributed by atoms with Gasteiger partial charge in [-0.05, 0) is 18.6 Å². The molecule has 120 valence electrons. The smallest absolute Gasteiger partial charge is 0.156 e. The van der Waals surface area contributed by atoms with Crippen LogP contribution in [0.3, 0.4) is 0 Å². The average Bonchev–Trinajstić information content (AvgIpc) is 2.49. The molecule has 0 bridgehead atoms. The Morgan fingerprint density at radius 2 is 1.81 bits per heavy atom. The fourth-order valence-corrected chi connectivity index (χ4v) is 2.21. The van der Waals surface area contributed by atoms with Gasteiger partial charge in [-0.3, -0.25) is 0 Å². The van der Waals surface area contributed by atoms with E-state index in [0.29, 0.717) is 22.2 Å². The molecule has 1 aromatic carbocycles. The lowest BCUT2D eigenvalue weighted by molar-refractivity contribution is 0.0569. The van der Waals surface area contributed by atoms with Crippen LogP contribution in [0.25, 0.3) is 0 Å². The van der Waals surface area contributed by atoms with E-state index < -0.39 is 11.6 Å². The van der Waals surface area contributed by atoms with Crippen LogP contribution in [0.4, 0.5) is 0 Å². The lowest BCUT2D eigenvalue weighted by Gasteiger charge is -2.31. The van der Waals surface area contributed by atoms with E-state index in [9.17, 15) is 15.3 Å². The number of aliphatic hydroxyl groups is 3. The Morgan fingerprint density at radius 1 is 1.24 bits per heavy atom. The largest absolute Gasteiger partial charge is 0.488 e. The minimum atomic E-state index is -0.832. The minimum absolute atomic E-state index is 0.00684.